The van der Waals surface area contributed by atoms with Crippen molar-refractivity contribution < 1.29 is 22.7 Å². The molecule has 3 aromatic carbocycles. The topological polar surface area (TPSA) is 96.0 Å². The Morgan fingerprint density at radius 1 is 1.00 bits per heavy atom. The average molecular weight is 586 g/mol. The van der Waals surface area contributed by atoms with Crippen molar-refractivity contribution in [3.8, 4) is 5.75 Å². The highest BCUT2D eigenvalue weighted by Gasteiger charge is 2.33. The van der Waals surface area contributed by atoms with Gasteiger partial charge in [0.25, 0.3) is 10.0 Å². The number of para-hydroxylation sites is 1. The molecule has 1 N–H and O–H groups in total. The maximum Gasteiger partial charge on any atom is 0.264 e. The van der Waals surface area contributed by atoms with E-state index in [1.165, 1.54) is 29.2 Å². The van der Waals surface area contributed by atoms with Crippen LogP contribution in [0.3, 0.4) is 0 Å². The van der Waals surface area contributed by atoms with Gasteiger partial charge < -0.3 is 15.0 Å². The van der Waals surface area contributed by atoms with E-state index in [0.717, 1.165) is 16.3 Å². The number of hydrogen-bond acceptors (Lipinski definition) is 5. The first kappa shape index (κ1) is 31.0. The summed E-state index contributed by atoms with van der Waals surface area (Å²) in [6, 6.07) is 19.0. The predicted octanol–water partition coefficient (Wildman–Crippen LogP) is 5.18. The lowest BCUT2D eigenvalue weighted by Gasteiger charge is -2.33. The van der Waals surface area contributed by atoms with Crippen LogP contribution in [-0.4, -0.2) is 50.9 Å². The van der Waals surface area contributed by atoms with Gasteiger partial charge in [0, 0.05) is 17.6 Å². The number of nitrogens with one attached hydrogen (secondary N) is 1. The Balaban J connectivity index is 2.04. The lowest BCUT2D eigenvalue weighted by molar-refractivity contribution is -0.139. The lowest BCUT2D eigenvalue weighted by Crippen LogP contribution is -2.52. The van der Waals surface area contributed by atoms with Crippen molar-refractivity contribution in [2.75, 3.05) is 18.0 Å². The van der Waals surface area contributed by atoms with Gasteiger partial charge in [-0.15, -0.1) is 0 Å². The Labute approximate surface area is 241 Å². The highest BCUT2D eigenvalue weighted by Crippen LogP contribution is 2.28. The number of hydrogen-bond donors (Lipinski definition) is 1. The highest BCUT2D eigenvalue weighted by molar-refractivity contribution is 7.92. The standard InChI is InChI=1S/C30H36ClN3O5S/c1-6-22(3)32-30(36)23(4)33(19-24-11-9-12-26(18-24)39-5)29(35)20-34(28-13-8-7-10-21(28)2)40(37,38)27-16-14-25(31)15-17-27/h7-18,22-23H,6,19-20H2,1-5H3,(H,32,36)/t22-,23-/m0/s1. The minimum atomic E-state index is -4.17. The molecule has 0 radical (unpaired) electrons. The maximum absolute atomic E-state index is 14.0. The molecule has 0 saturated heterocycles. The molecule has 0 spiro atoms. The number of sulfonamides is 1. The van der Waals surface area contributed by atoms with Gasteiger partial charge in [-0.1, -0.05) is 48.9 Å². The quantitative estimate of drug-likeness (QED) is 0.316. The second-order valence-electron chi connectivity index (χ2n) is 9.62. The zero-order valence-corrected chi connectivity index (χ0v) is 25.0. The van der Waals surface area contributed by atoms with Crippen molar-refractivity contribution in [1.29, 1.82) is 0 Å². The lowest BCUT2D eigenvalue weighted by atomic mass is 10.1. The molecule has 2 atom stereocenters. The number of halogens is 1. The first-order chi connectivity index (χ1) is 19.0. The molecule has 0 heterocycles. The SMILES string of the molecule is CC[C@H](C)NC(=O)[C@H](C)N(Cc1cccc(OC)c1)C(=O)CN(c1ccccc1C)S(=O)(=O)c1ccc(Cl)cc1. The fourth-order valence-electron chi connectivity index (χ4n) is 4.11. The van der Waals surface area contributed by atoms with Crippen molar-refractivity contribution in [3.05, 3.63) is 88.9 Å². The first-order valence-electron chi connectivity index (χ1n) is 13.0. The van der Waals surface area contributed by atoms with Crippen molar-refractivity contribution in [3.63, 3.8) is 0 Å². The third-order valence-electron chi connectivity index (χ3n) is 6.72. The molecule has 0 unspecified atom stereocenters. The Bertz CT molecular complexity index is 1430. The smallest absolute Gasteiger partial charge is 0.264 e. The van der Waals surface area contributed by atoms with Crippen LogP contribution in [-0.2, 0) is 26.2 Å². The van der Waals surface area contributed by atoms with E-state index >= 15 is 0 Å². The van der Waals surface area contributed by atoms with E-state index in [2.05, 4.69) is 5.32 Å². The Kier molecular flexibility index (Phi) is 10.6. The average Bonchev–Trinajstić information content (AvgIpc) is 2.94. The van der Waals surface area contributed by atoms with Crippen LogP contribution in [0.2, 0.25) is 5.02 Å². The van der Waals surface area contributed by atoms with E-state index in [9.17, 15) is 18.0 Å². The molecule has 0 fully saturated rings. The number of nitrogens with zero attached hydrogens (tertiary/aromatic N) is 2. The fourth-order valence-corrected chi connectivity index (χ4v) is 5.71. The van der Waals surface area contributed by atoms with Crippen LogP contribution >= 0.6 is 11.6 Å². The third kappa shape index (κ3) is 7.55. The van der Waals surface area contributed by atoms with Crippen LogP contribution in [0, 0.1) is 6.92 Å². The summed E-state index contributed by atoms with van der Waals surface area (Å²) < 4.78 is 34.2. The summed E-state index contributed by atoms with van der Waals surface area (Å²) in [7, 11) is -2.62. The molecule has 2 amide bonds. The molecule has 0 aliphatic rings. The molecule has 3 aromatic rings. The second-order valence-corrected chi connectivity index (χ2v) is 11.9. The van der Waals surface area contributed by atoms with Crippen molar-refractivity contribution in [2.45, 2.75) is 57.6 Å². The molecule has 10 heteroatoms. The largest absolute Gasteiger partial charge is 0.497 e. The van der Waals surface area contributed by atoms with Gasteiger partial charge in [-0.05, 0) is 80.8 Å². The van der Waals surface area contributed by atoms with Gasteiger partial charge in [0.05, 0.1) is 17.7 Å². The Morgan fingerprint density at radius 3 is 2.30 bits per heavy atom. The summed E-state index contributed by atoms with van der Waals surface area (Å²) in [5.74, 6) is -0.252. The van der Waals surface area contributed by atoms with E-state index in [1.54, 1.807) is 63.4 Å². The normalized spacial score (nSPS) is 12.8. The van der Waals surface area contributed by atoms with Gasteiger partial charge >= 0.3 is 0 Å². The summed E-state index contributed by atoms with van der Waals surface area (Å²) in [6.07, 6.45) is 0.725. The Hall–Kier alpha value is -3.56. The number of carbonyl (C=O) groups is 2. The van der Waals surface area contributed by atoms with Gasteiger partial charge in [0.1, 0.15) is 18.3 Å². The fraction of sp³-hybridized carbons (Fsp3) is 0.333. The zero-order valence-electron chi connectivity index (χ0n) is 23.4. The van der Waals surface area contributed by atoms with Crippen molar-refractivity contribution >= 4 is 39.1 Å². The summed E-state index contributed by atoms with van der Waals surface area (Å²) in [4.78, 5) is 28.6. The van der Waals surface area contributed by atoms with E-state index in [-0.39, 0.29) is 23.4 Å². The highest BCUT2D eigenvalue weighted by atomic mass is 35.5. The van der Waals surface area contributed by atoms with Gasteiger partial charge in [0.15, 0.2) is 0 Å². The van der Waals surface area contributed by atoms with Crippen molar-refractivity contribution in [2.24, 2.45) is 0 Å². The summed E-state index contributed by atoms with van der Waals surface area (Å²) in [6.45, 7) is 6.82. The minimum absolute atomic E-state index is 0.00476. The number of aryl methyl sites for hydroxylation is 1. The molecular weight excluding hydrogens is 550 g/mol. The number of benzene rings is 3. The predicted molar refractivity (Wildman–Crippen MR) is 158 cm³/mol. The second kappa shape index (κ2) is 13.7. The van der Waals surface area contributed by atoms with E-state index < -0.39 is 28.5 Å². The number of amides is 2. The van der Waals surface area contributed by atoms with E-state index in [0.29, 0.717) is 22.0 Å². The van der Waals surface area contributed by atoms with Crippen LogP contribution in [0.15, 0.2) is 77.7 Å². The molecule has 0 aliphatic carbocycles. The zero-order chi connectivity index (χ0) is 29.4. The van der Waals surface area contributed by atoms with Gasteiger partial charge in [-0.2, -0.15) is 0 Å². The van der Waals surface area contributed by atoms with Crippen molar-refractivity contribution in [1.82, 2.24) is 10.2 Å². The number of methoxy groups -OCH3 is 1. The van der Waals surface area contributed by atoms with Crippen LogP contribution in [0.5, 0.6) is 5.75 Å². The molecule has 0 bridgehead atoms. The van der Waals surface area contributed by atoms with Gasteiger partial charge in [-0.25, -0.2) is 8.42 Å². The number of rotatable bonds is 12. The van der Waals surface area contributed by atoms with Crippen LogP contribution in [0.4, 0.5) is 5.69 Å². The molecule has 0 saturated carbocycles. The number of ether oxygens (including phenoxy) is 1. The molecular formula is C30H36ClN3O5S. The third-order valence-corrected chi connectivity index (χ3v) is 8.75. The van der Waals surface area contributed by atoms with Crippen LogP contribution in [0.25, 0.3) is 0 Å². The first-order valence-corrected chi connectivity index (χ1v) is 14.9. The van der Waals surface area contributed by atoms with E-state index in [1.807, 2.05) is 19.9 Å². The summed E-state index contributed by atoms with van der Waals surface area (Å²) in [5, 5.41) is 3.32. The molecule has 0 aliphatic heterocycles. The summed E-state index contributed by atoms with van der Waals surface area (Å²) in [5.41, 5.74) is 1.78. The van der Waals surface area contributed by atoms with Gasteiger partial charge in [0.2, 0.25) is 11.8 Å². The minimum Gasteiger partial charge on any atom is -0.497 e. The molecule has 8 nitrogen and oxygen atoms in total. The number of anilines is 1. The number of carbonyl (C=O) groups excluding carboxylic acids is 2. The molecule has 0 aromatic heterocycles. The molecule has 3 rings (SSSR count). The van der Waals surface area contributed by atoms with Gasteiger partial charge in [-0.3, -0.25) is 13.9 Å². The maximum atomic E-state index is 14.0. The molecule has 214 valence electrons. The van der Waals surface area contributed by atoms with E-state index in [4.69, 9.17) is 16.3 Å². The summed E-state index contributed by atoms with van der Waals surface area (Å²) >= 11 is 6.00. The van der Waals surface area contributed by atoms with Crippen LogP contribution in [0.1, 0.15) is 38.3 Å². The van der Waals surface area contributed by atoms with Crippen LogP contribution < -0.4 is 14.4 Å². The molecule has 40 heavy (non-hydrogen) atoms. The Morgan fingerprint density at radius 2 is 1.68 bits per heavy atom. The monoisotopic (exact) mass is 585 g/mol.